The van der Waals surface area contributed by atoms with Crippen LogP contribution in [0.5, 0.6) is 5.75 Å². The van der Waals surface area contributed by atoms with Crippen LogP contribution in [-0.4, -0.2) is 29.6 Å². The third-order valence-electron chi connectivity index (χ3n) is 3.38. The highest BCUT2D eigenvalue weighted by Crippen LogP contribution is 2.18. The Bertz CT molecular complexity index is 315. The van der Waals surface area contributed by atoms with Gasteiger partial charge in [-0.1, -0.05) is 12.1 Å². The fourth-order valence-electron chi connectivity index (χ4n) is 2.24. The molecule has 3 nitrogen and oxygen atoms in total. The van der Waals surface area contributed by atoms with E-state index in [-0.39, 0.29) is 0 Å². The molecule has 1 aromatic carbocycles. The summed E-state index contributed by atoms with van der Waals surface area (Å²) in [7, 11) is 0. The van der Waals surface area contributed by atoms with Crippen molar-refractivity contribution in [1.82, 2.24) is 4.90 Å². The molecule has 1 aromatic rings. The highest BCUT2D eigenvalue weighted by atomic mass is 16.3. The Balaban J connectivity index is 1.84. The maximum atomic E-state index is 9.20. The van der Waals surface area contributed by atoms with Gasteiger partial charge in [0.25, 0.3) is 0 Å². The second-order valence-corrected chi connectivity index (χ2v) is 4.62. The molecular formula is C13H20N2O. The van der Waals surface area contributed by atoms with Gasteiger partial charge in [-0.05, 0) is 56.1 Å². The average molecular weight is 220 g/mol. The molecule has 1 fully saturated rings. The third kappa shape index (κ3) is 2.97. The lowest BCUT2D eigenvalue weighted by Crippen LogP contribution is -2.35. The molecule has 1 heterocycles. The zero-order valence-electron chi connectivity index (χ0n) is 9.60. The van der Waals surface area contributed by atoms with Gasteiger partial charge < -0.3 is 10.8 Å². The Labute approximate surface area is 96.9 Å². The summed E-state index contributed by atoms with van der Waals surface area (Å²) in [6.45, 7) is 4.09. The summed E-state index contributed by atoms with van der Waals surface area (Å²) in [6, 6.07) is 7.48. The lowest BCUT2D eigenvalue weighted by Gasteiger charge is -2.31. The summed E-state index contributed by atoms with van der Waals surface area (Å²) in [6.07, 6.45) is 2.43. The SMILES string of the molecule is NCC1CCN(Cc2ccc(O)cc2)CC1. The standard InChI is InChI=1S/C13H20N2O/c14-9-11-5-7-15(8-6-11)10-12-1-3-13(16)4-2-12/h1-4,11,16H,5-10,14H2. The molecule has 2 rings (SSSR count). The molecule has 0 atom stereocenters. The second kappa shape index (κ2) is 5.32. The van der Waals surface area contributed by atoms with Crippen LogP contribution in [-0.2, 0) is 6.54 Å². The molecule has 0 saturated carbocycles. The fraction of sp³-hybridized carbons (Fsp3) is 0.538. The molecule has 0 aliphatic carbocycles. The number of aromatic hydroxyl groups is 1. The van der Waals surface area contributed by atoms with Crippen LogP contribution < -0.4 is 5.73 Å². The summed E-state index contributed by atoms with van der Waals surface area (Å²) in [5.41, 5.74) is 6.94. The van der Waals surface area contributed by atoms with Gasteiger partial charge in [-0.2, -0.15) is 0 Å². The molecule has 88 valence electrons. The molecule has 1 saturated heterocycles. The van der Waals surface area contributed by atoms with Gasteiger partial charge in [-0.15, -0.1) is 0 Å². The number of rotatable bonds is 3. The third-order valence-corrected chi connectivity index (χ3v) is 3.38. The van der Waals surface area contributed by atoms with Crippen LogP contribution >= 0.6 is 0 Å². The van der Waals surface area contributed by atoms with Crippen molar-refractivity contribution in [2.75, 3.05) is 19.6 Å². The van der Waals surface area contributed by atoms with E-state index in [1.54, 1.807) is 12.1 Å². The van der Waals surface area contributed by atoms with E-state index in [2.05, 4.69) is 4.90 Å². The first-order valence-corrected chi connectivity index (χ1v) is 5.98. The van der Waals surface area contributed by atoms with Crippen molar-refractivity contribution in [3.8, 4) is 5.75 Å². The molecule has 1 aliphatic heterocycles. The minimum Gasteiger partial charge on any atom is -0.508 e. The van der Waals surface area contributed by atoms with E-state index in [4.69, 9.17) is 5.73 Å². The van der Waals surface area contributed by atoms with Gasteiger partial charge in [0.15, 0.2) is 0 Å². The number of nitrogens with two attached hydrogens (primary N) is 1. The number of piperidine rings is 1. The number of benzene rings is 1. The number of phenolic OH excluding ortho intramolecular Hbond substituents is 1. The summed E-state index contributed by atoms with van der Waals surface area (Å²) in [5, 5.41) is 9.20. The first-order chi connectivity index (χ1) is 7.78. The van der Waals surface area contributed by atoms with Crippen molar-refractivity contribution in [2.24, 2.45) is 11.7 Å². The molecule has 0 amide bonds. The minimum absolute atomic E-state index is 0.339. The Kier molecular flexibility index (Phi) is 3.80. The number of likely N-dealkylation sites (tertiary alicyclic amines) is 1. The summed E-state index contributed by atoms with van der Waals surface area (Å²) < 4.78 is 0. The fourth-order valence-corrected chi connectivity index (χ4v) is 2.24. The maximum Gasteiger partial charge on any atom is 0.115 e. The van der Waals surface area contributed by atoms with Crippen molar-refractivity contribution < 1.29 is 5.11 Å². The molecule has 3 N–H and O–H groups in total. The van der Waals surface area contributed by atoms with E-state index >= 15 is 0 Å². The normalized spacial score (nSPS) is 18.8. The van der Waals surface area contributed by atoms with Crippen LogP contribution in [0.15, 0.2) is 24.3 Å². The zero-order chi connectivity index (χ0) is 11.4. The van der Waals surface area contributed by atoms with Gasteiger partial charge in [-0.3, -0.25) is 4.90 Å². The van der Waals surface area contributed by atoms with Crippen molar-refractivity contribution in [2.45, 2.75) is 19.4 Å². The highest BCUT2D eigenvalue weighted by Gasteiger charge is 2.17. The van der Waals surface area contributed by atoms with Crippen molar-refractivity contribution in [1.29, 1.82) is 0 Å². The quantitative estimate of drug-likeness (QED) is 0.813. The lowest BCUT2D eigenvalue weighted by molar-refractivity contribution is 0.180. The van der Waals surface area contributed by atoms with Crippen LogP contribution in [0.1, 0.15) is 18.4 Å². The predicted octanol–water partition coefficient (Wildman–Crippen LogP) is 1.56. The molecule has 0 aromatic heterocycles. The van der Waals surface area contributed by atoms with E-state index in [1.807, 2.05) is 12.1 Å². The first-order valence-electron chi connectivity index (χ1n) is 5.98. The lowest BCUT2D eigenvalue weighted by atomic mass is 9.97. The van der Waals surface area contributed by atoms with Crippen LogP contribution in [0, 0.1) is 5.92 Å². The molecule has 1 aliphatic rings. The number of hydrogen-bond donors (Lipinski definition) is 2. The number of hydrogen-bond acceptors (Lipinski definition) is 3. The summed E-state index contributed by atoms with van der Waals surface area (Å²) >= 11 is 0. The molecule has 0 radical (unpaired) electrons. The van der Waals surface area contributed by atoms with Gasteiger partial charge in [0.05, 0.1) is 0 Å². The van der Waals surface area contributed by atoms with E-state index < -0.39 is 0 Å². The van der Waals surface area contributed by atoms with Gasteiger partial charge in [-0.25, -0.2) is 0 Å². The largest absolute Gasteiger partial charge is 0.508 e. The molecule has 0 unspecified atom stereocenters. The average Bonchev–Trinajstić information content (AvgIpc) is 2.33. The monoisotopic (exact) mass is 220 g/mol. The topological polar surface area (TPSA) is 49.5 Å². The predicted molar refractivity (Wildman–Crippen MR) is 65.2 cm³/mol. The van der Waals surface area contributed by atoms with Gasteiger partial charge >= 0.3 is 0 Å². The number of nitrogens with zero attached hydrogens (tertiary/aromatic N) is 1. The summed E-state index contributed by atoms with van der Waals surface area (Å²) in [4.78, 5) is 2.46. The Morgan fingerprint density at radius 1 is 1.19 bits per heavy atom. The maximum absolute atomic E-state index is 9.20. The van der Waals surface area contributed by atoms with E-state index in [0.29, 0.717) is 5.75 Å². The minimum atomic E-state index is 0.339. The van der Waals surface area contributed by atoms with Crippen LogP contribution in [0.25, 0.3) is 0 Å². The Hall–Kier alpha value is -1.06. The molecule has 16 heavy (non-hydrogen) atoms. The van der Waals surface area contributed by atoms with Crippen molar-refractivity contribution >= 4 is 0 Å². The van der Waals surface area contributed by atoms with Crippen molar-refractivity contribution in [3.05, 3.63) is 29.8 Å². The molecule has 0 bridgehead atoms. The highest BCUT2D eigenvalue weighted by molar-refractivity contribution is 5.25. The molecule has 0 spiro atoms. The van der Waals surface area contributed by atoms with E-state index in [0.717, 1.165) is 32.1 Å². The number of phenols is 1. The van der Waals surface area contributed by atoms with Crippen LogP contribution in [0.3, 0.4) is 0 Å². The van der Waals surface area contributed by atoms with Gasteiger partial charge in [0.1, 0.15) is 5.75 Å². The van der Waals surface area contributed by atoms with Gasteiger partial charge in [0, 0.05) is 6.54 Å². The molecular weight excluding hydrogens is 200 g/mol. The second-order valence-electron chi connectivity index (χ2n) is 4.62. The smallest absolute Gasteiger partial charge is 0.115 e. The van der Waals surface area contributed by atoms with E-state index in [9.17, 15) is 5.11 Å². The summed E-state index contributed by atoms with van der Waals surface area (Å²) in [5.74, 6) is 1.06. The van der Waals surface area contributed by atoms with Crippen LogP contribution in [0.2, 0.25) is 0 Å². The van der Waals surface area contributed by atoms with Crippen molar-refractivity contribution in [3.63, 3.8) is 0 Å². The first kappa shape index (κ1) is 11.4. The zero-order valence-corrected chi connectivity index (χ0v) is 9.60. The molecule has 3 heteroatoms. The van der Waals surface area contributed by atoms with E-state index in [1.165, 1.54) is 18.4 Å². The Morgan fingerprint density at radius 3 is 2.38 bits per heavy atom. The van der Waals surface area contributed by atoms with Crippen LogP contribution in [0.4, 0.5) is 0 Å². The Morgan fingerprint density at radius 2 is 1.81 bits per heavy atom. The van der Waals surface area contributed by atoms with Gasteiger partial charge in [0.2, 0.25) is 0 Å².